The molecule has 0 saturated carbocycles. The number of rotatable bonds is 5. The Bertz CT molecular complexity index is 698. The Kier molecular flexibility index (Phi) is 5.17. The molecule has 1 atom stereocenters. The number of carbonyl (C=O) groups excluding carboxylic acids is 1. The normalized spacial score (nSPS) is 18.3. The number of piperazine rings is 1. The van der Waals surface area contributed by atoms with Gasteiger partial charge in [0.15, 0.2) is 0 Å². The van der Waals surface area contributed by atoms with E-state index in [0.29, 0.717) is 6.54 Å². The number of benzene rings is 1. The second-order valence-electron chi connectivity index (χ2n) is 5.69. The minimum Gasteiger partial charge on any atom is -0.496 e. The molecule has 3 rings (SSSR count). The van der Waals surface area contributed by atoms with E-state index in [1.807, 2.05) is 24.3 Å². The fraction of sp³-hybridized carbons (Fsp3) is 0.389. The van der Waals surface area contributed by atoms with Crippen LogP contribution in [0.15, 0.2) is 40.8 Å². The van der Waals surface area contributed by atoms with E-state index in [-0.39, 0.29) is 11.8 Å². The standard InChI is InChI=1S/C18H22N2O4/c1-22-16-6-4-3-5-14(16)15-11-19-9-10-20(15)12-13-7-8-17(24-13)18(21)23-2/h3-8,15,19H,9-12H2,1-2H3. The van der Waals surface area contributed by atoms with Crippen LogP contribution in [0.5, 0.6) is 5.75 Å². The second-order valence-corrected chi connectivity index (χ2v) is 5.69. The summed E-state index contributed by atoms with van der Waals surface area (Å²) in [6.07, 6.45) is 0. The van der Waals surface area contributed by atoms with Crippen LogP contribution in [-0.2, 0) is 11.3 Å². The predicted octanol–water partition coefficient (Wildman–Crippen LogP) is 2.22. The van der Waals surface area contributed by atoms with Crippen molar-refractivity contribution >= 4 is 5.97 Å². The number of nitrogens with one attached hydrogen (secondary N) is 1. The van der Waals surface area contributed by atoms with Gasteiger partial charge in [-0.05, 0) is 18.2 Å². The minimum atomic E-state index is -0.456. The molecule has 1 aromatic carbocycles. The average Bonchev–Trinajstić information content (AvgIpc) is 3.10. The maximum Gasteiger partial charge on any atom is 0.373 e. The van der Waals surface area contributed by atoms with Crippen LogP contribution in [0.25, 0.3) is 0 Å². The molecule has 6 heteroatoms. The van der Waals surface area contributed by atoms with E-state index in [2.05, 4.69) is 21.0 Å². The lowest BCUT2D eigenvalue weighted by Gasteiger charge is -2.36. The molecule has 1 unspecified atom stereocenters. The summed E-state index contributed by atoms with van der Waals surface area (Å²) >= 11 is 0. The Hall–Kier alpha value is -2.31. The molecule has 1 aliphatic rings. The van der Waals surface area contributed by atoms with Gasteiger partial charge >= 0.3 is 5.97 Å². The fourth-order valence-electron chi connectivity index (χ4n) is 3.06. The lowest BCUT2D eigenvalue weighted by atomic mass is 10.0. The lowest BCUT2D eigenvalue weighted by molar-refractivity contribution is 0.0559. The quantitative estimate of drug-likeness (QED) is 0.848. The Morgan fingerprint density at radius 3 is 2.92 bits per heavy atom. The van der Waals surface area contributed by atoms with E-state index >= 15 is 0 Å². The number of carbonyl (C=O) groups is 1. The maximum absolute atomic E-state index is 11.5. The van der Waals surface area contributed by atoms with Crippen molar-refractivity contribution in [3.63, 3.8) is 0 Å². The number of para-hydroxylation sites is 1. The van der Waals surface area contributed by atoms with Crippen LogP contribution in [0.4, 0.5) is 0 Å². The number of hydrogen-bond donors (Lipinski definition) is 1. The van der Waals surface area contributed by atoms with Crippen molar-refractivity contribution in [2.45, 2.75) is 12.6 Å². The van der Waals surface area contributed by atoms with E-state index in [9.17, 15) is 4.79 Å². The minimum absolute atomic E-state index is 0.182. The van der Waals surface area contributed by atoms with Gasteiger partial charge in [-0.3, -0.25) is 4.90 Å². The first-order chi connectivity index (χ1) is 11.7. The van der Waals surface area contributed by atoms with Crippen LogP contribution in [-0.4, -0.2) is 44.7 Å². The van der Waals surface area contributed by atoms with Gasteiger partial charge in [0.2, 0.25) is 5.76 Å². The van der Waals surface area contributed by atoms with Crippen molar-refractivity contribution in [3.05, 3.63) is 53.5 Å². The molecule has 0 amide bonds. The molecule has 2 heterocycles. The van der Waals surface area contributed by atoms with Crippen molar-refractivity contribution in [3.8, 4) is 5.75 Å². The highest BCUT2D eigenvalue weighted by atomic mass is 16.5. The van der Waals surface area contributed by atoms with Crippen LogP contribution in [0.1, 0.15) is 27.9 Å². The molecule has 0 bridgehead atoms. The lowest BCUT2D eigenvalue weighted by Crippen LogP contribution is -2.45. The molecule has 128 valence electrons. The zero-order chi connectivity index (χ0) is 16.9. The highest BCUT2D eigenvalue weighted by Crippen LogP contribution is 2.31. The van der Waals surface area contributed by atoms with Gasteiger partial charge in [-0.25, -0.2) is 4.79 Å². The largest absolute Gasteiger partial charge is 0.496 e. The maximum atomic E-state index is 11.5. The van der Waals surface area contributed by atoms with Crippen molar-refractivity contribution < 1.29 is 18.7 Å². The number of hydrogen-bond acceptors (Lipinski definition) is 6. The number of furan rings is 1. The van der Waals surface area contributed by atoms with Crippen LogP contribution in [0, 0.1) is 0 Å². The van der Waals surface area contributed by atoms with Crippen molar-refractivity contribution in [2.75, 3.05) is 33.9 Å². The first-order valence-corrected chi connectivity index (χ1v) is 7.97. The third-order valence-electron chi connectivity index (χ3n) is 4.26. The molecule has 1 saturated heterocycles. The topological polar surface area (TPSA) is 63.9 Å². The summed E-state index contributed by atoms with van der Waals surface area (Å²) in [6, 6.07) is 11.7. The third kappa shape index (κ3) is 3.44. The Balaban J connectivity index is 1.80. The summed E-state index contributed by atoms with van der Waals surface area (Å²) in [5, 5.41) is 3.43. The molecule has 1 N–H and O–H groups in total. The zero-order valence-electron chi connectivity index (χ0n) is 14.0. The molecule has 6 nitrogen and oxygen atoms in total. The first kappa shape index (κ1) is 16.5. The highest BCUT2D eigenvalue weighted by Gasteiger charge is 2.27. The van der Waals surface area contributed by atoms with Gasteiger partial charge in [0.05, 0.1) is 26.8 Å². The molecule has 1 fully saturated rings. The summed E-state index contributed by atoms with van der Waals surface area (Å²) in [5.74, 6) is 1.41. The Labute approximate surface area is 141 Å². The smallest absolute Gasteiger partial charge is 0.373 e. The number of esters is 1. The number of methoxy groups -OCH3 is 2. The van der Waals surface area contributed by atoms with Gasteiger partial charge < -0.3 is 19.2 Å². The molecule has 1 aliphatic heterocycles. The fourth-order valence-corrected chi connectivity index (χ4v) is 3.06. The van der Waals surface area contributed by atoms with Gasteiger partial charge in [0, 0.05) is 25.2 Å². The van der Waals surface area contributed by atoms with Crippen molar-refractivity contribution in [1.82, 2.24) is 10.2 Å². The first-order valence-electron chi connectivity index (χ1n) is 7.97. The van der Waals surface area contributed by atoms with Crippen LogP contribution in [0.3, 0.4) is 0 Å². The van der Waals surface area contributed by atoms with E-state index in [1.54, 1.807) is 13.2 Å². The average molecular weight is 330 g/mol. The Morgan fingerprint density at radius 2 is 2.12 bits per heavy atom. The van der Waals surface area contributed by atoms with E-state index in [4.69, 9.17) is 9.15 Å². The summed E-state index contributed by atoms with van der Waals surface area (Å²) in [7, 11) is 3.03. The molecule has 0 aliphatic carbocycles. The van der Waals surface area contributed by atoms with Crippen molar-refractivity contribution in [2.24, 2.45) is 0 Å². The predicted molar refractivity (Wildman–Crippen MR) is 89.1 cm³/mol. The molecular weight excluding hydrogens is 308 g/mol. The van der Waals surface area contributed by atoms with Crippen LogP contribution < -0.4 is 10.1 Å². The summed E-state index contributed by atoms with van der Waals surface area (Å²) in [4.78, 5) is 13.9. The van der Waals surface area contributed by atoms with Gasteiger partial charge in [-0.2, -0.15) is 0 Å². The second kappa shape index (κ2) is 7.51. The van der Waals surface area contributed by atoms with E-state index in [0.717, 1.165) is 36.7 Å². The van der Waals surface area contributed by atoms with Gasteiger partial charge in [0.25, 0.3) is 0 Å². The molecule has 1 aromatic heterocycles. The van der Waals surface area contributed by atoms with Crippen LogP contribution in [0.2, 0.25) is 0 Å². The summed E-state index contributed by atoms with van der Waals surface area (Å²) in [5.41, 5.74) is 1.15. The van der Waals surface area contributed by atoms with Crippen molar-refractivity contribution in [1.29, 1.82) is 0 Å². The SMILES string of the molecule is COC(=O)c1ccc(CN2CCNCC2c2ccccc2OC)o1. The van der Waals surface area contributed by atoms with E-state index in [1.165, 1.54) is 7.11 Å². The number of ether oxygens (including phenoxy) is 2. The van der Waals surface area contributed by atoms with Crippen LogP contribution >= 0.6 is 0 Å². The highest BCUT2D eigenvalue weighted by molar-refractivity contribution is 5.86. The molecule has 0 spiro atoms. The Morgan fingerprint density at radius 1 is 1.29 bits per heavy atom. The summed E-state index contributed by atoms with van der Waals surface area (Å²) < 4.78 is 15.8. The monoisotopic (exact) mass is 330 g/mol. The molecule has 2 aromatic rings. The van der Waals surface area contributed by atoms with E-state index < -0.39 is 5.97 Å². The molecule has 24 heavy (non-hydrogen) atoms. The molecule has 0 radical (unpaired) electrons. The summed E-state index contributed by atoms with van der Waals surface area (Å²) in [6.45, 7) is 3.26. The van der Waals surface area contributed by atoms with Gasteiger partial charge in [-0.15, -0.1) is 0 Å². The van der Waals surface area contributed by atoms with Gasteiger partial charge in [-0.1, -0.05) is 18.2 Å². The zero-order valence-corrected chi connectivity index (χ0v) is 14.0. The third-order valence-corrected chi connectivity index (χ3v) is 4.26. The van der Waals surface area contributed by atoms with Gasteiger partial charge in [0.1, 0.15) is 11.5 Å². The molecular formula is C18H22N2O4. The number of nitrogens with zero attached hydrogens (tertiary/aromatic N) is 1.